The van der Waals surface area contributed by atoms with Gasteiger partial charge in [-0.15, -0.1) is 0 Å². The molecule has 0 saturated heterocycles. The average Bonchev–Trinajstić information content (AvgIpc) is 2.28. The van der Waals surface area contributed by atoms with Gasteiger partial charge in [0.15, 0.2) is 0 Å². The van der Waals surface area contributed by atoms with E-state index in [-0.39, 0.29) is 6.10 Å². The smallest absolute Gasteiger partial charge is 0.0947 e. The second-order valence-corrected chi connectivity index (χ2v) is 3.24. The number of ether oxygens (including phenoxy) is 1. The molecule has 0 radical (unpaired) electrons. The first-order chi connectivity index (χ1) is 6.40. The third kappa shape index (κ3) is 1.87. The summed E-state index contributed by atoms with van der Waals surface area (Å²) in [7, 11) is 0. The largest absolute Gasteiger partial charge is 0.370 e. The second kappa shape index (κ2) is 3.85. The standard InChI is InChI=1S/C10H11NOS/c13-7-11-10-3-1-2-9-6-8(10)4-5-12-9/h1-3,6-7,9H,4-5H2,(H,11,13). The van der Waals surface area contributed by atoms with E-state index in [1.165, 1.54) is 11.1 Å². The molecule has 0 saturated carbocycles. The molecule has 68 valence electrons. The van der Waals surface area contributed by atoms with Gasteiger partial charge in [0.05, 0.1) is 18.2 Å². The van der Waals surface area contributed by atoms with Crippen LogP contribution in [0, 0.1) is 0 Å². The van der Waals surface area contributed by atoms with Crippen molar-refractivity contribution in [1.82, 2.24) is 5.32 Å². The van der Waals surface area contributed by atoms with E-state index in [0.29, 0.717) is 0 Å². The molecule has 1 heterocycles. The molecule has 3 heteroatoms. The van der Waals surface area contributed by atoms with Crippen molar-refractivity contribution in [3.63, 3.8) is 0 Å². The van der Waals surface area contributed by atoms with Gasteiger partial charge in [-0.05, 0) is 24.1 Å². The molecule has 1 aliphatic carbocycles. The molecule has 1 atom stereocenters. The summed E-state index contributed by atoms with van der Waals surface area (Å²) in [5, 5.41) is 3.06. The summed E-state index contributed by atoms with van der Waals surface area (Å²) in [5.74, 6) is 0. The topological polar surface area (TPSA) is 21.3 Å². The Balaban J connectivity index is 2.26. The van der Waals surface area contributed by atoms with Crippen molar-refractivity contribution in [3.8, 4) is 0 Å². The zero-order valence-electron chi connectivity index (χ0n) is 7.19. The molecule has 0 aromatic rings. The molecule has 0 aromatic heterocycles. The zero-order valence-corrected chi connectivity index (χ0v) is 8.01. The number of hydrogen-bond donors (Lipinski definition) is 1. The molecular formula is C10H11NOS. The fraction of sp³-hybridized carbons (Fsp3) is 0.300. The van der Waals surface area contributed by atoms with Gasteiger partial charge in [-0.25, -0.2) is 0 Å². The van der Waals surface area contributed by atoms with Gasteiger partial charge in [-0.2, -0.15) is 0 Å². The third-order valence-corrected chi connectivity index (χ3v) is 2.29. The molecule has 2 aliphatic rings. The van der Waals surface area contributed by atoms with Crippen LogP contribution >= 0.6 is 12.2 Å². The lowest BCUT2D eigenvalue weighted by atomic mass is 10.1. The lowest BCUT2D eigenvalue weighted by Crippen LogP contribution is -2.18. The Kier molecular flexibility index (Phi) is 2.57. The number of thiocarbonyl (C=S) groups is 1. The minimum absolute atomic E-state index is 0.143. The molecule has 2 nitrogen and oxygen atoms in total. The molecule has 1 unspecified atom stereocenters. The van der Waals surface area contributed by atoms with Crippen molar-refractivity contribution in [2.45, 2.75) is 12.5 Å². The van der Waals surface area contributed by atoms with Crippen molar-refractivity contribution in [2.75, 3.05) is 6.61 Å². The Labute approximate surface area is 83.0 Å². The van der Waals surface area contributed by atoms with E-state index in [9.17, 15) is 0 Å². The summed E-state index contributed by atoms with van der Waals surface area (Å²) in [6.07, 6.45) is 9.30. The van der Waals surface area contributed by atoms with Crippen molar-refractivity contribution < 1.29 is 4.74 Å². The first-order valence-corrected chi connectivity index (χ1v) is 4.78. The van der Waals surface area contributed by atoms with Crippen LogP contribution in [0.15, 0.2) is 35.6 Å². The minimum atomic E-state index is 0.143. The molecule has 13 heavy (non-hydrogen) atoms. The highest BCUT2D eigenvalue weighted by Crippen LogP contribution is 2.21. The highest BCUT2D eigenvalue weighted by molar-refractivity contribution is 7.78. The van der Waals surface area contributed by atoms with E-state index >= 15 is 0 Å². The zero-order chi connectivity index (χ0) is 9.10. The summed E-state index contributed by atoms with van der Waals surface area (Å²) < 4.78 is 5.49. The Bertz CT molecular complexity index is 304. The normalized spacial score (nSPS) is 25.7. The van der Waals surface area contributed by atoms with Gasteiger partial charge in [-0.3, -0.25) is 0 Å². The molecule has 2 rings (SSSR count). The van der Waals surface area contributed by atoms with Crippen molar-refractivity contribution in [1.29, 1.82) is 0 Å². The maximum atomic E-state index is 5.49. The molecule has 0 amide bonds. The van der Waals surface area contributed by atoms with Crippen LogP contribution in [0.2, 0.25) is 0 Å². The van der Waals surface area contributed by atoms with Crippen LogP contribution in [0.25, 0.3) is 0 Å². The molecule has 1 aliphatic heterocycles. The van der Waals surface area contributed by atoms with Crippen molar-refractivity contribution in [2.24, 2.45) is 0 Å². The Morgan fingerprint density at radius 3 is 3.38 bits per heavy atom. The van der Waals surface area contributed by atoms with Crippen molar-refractivity contribution in [3.05, 3.63) is 35.6 Å². The van der Waals surface area contributed by atoms with Crippen LogP contribution < -0.4 is 5.32 Å². The number of fused-ring (bicyclic) bond motifs is 1. The monoisotopic (exact) mass is 193 g/mol. The van der Waals surface area contributed by atoms with E-state index in [2.05, 4.69) is 11.4 Å². The number of rotatable bonds is 2. The predicted octanol–water partition coefficient (Wildman–Crippen LogP) is 1.70. The van der Waals surface area contributed by atoms with E-state index < -0.39 is 0 Å². The summed E-state index contributed by atoms with van der Waals surface area (Å²) in [6, 6.07) is 0. The first-order valence-electron chi connectivity index (χ1n) is 4.31. The Morgan fingerprint density at radius 2 is 2.54 bits per heavy atom. The molecule has 0 aromatic carbocycles. The van der Waals surface area contributed by atoms with Gasteiger partial charge in [0.2, 0.25) is 0 Å². The maximum Gasteiger partial charge on any atom is 0.0947 e. The summed E-state index contributed by atoms with van der Waals surface area (Å²) in [5.41, 5.74) is 3.93. The van der Waals surface area contributed by atoms with Crippen LogP contribution in [-0.2, 0) is 4.74 Å². The summed E-state index contributed by atoms with van der Waals surface area (Å²) in [4.78, 5) is 0. The quantitative estimate of drug-likeness (QED) is 0.674. The third-order valence-electron chi connectivity index (χ3n) is 2.17. The van der Waals surface area contributed by atoms with Gasteiger partial charge in [0.25, 0.3) is 0 Å². The van der Waals surface area contributed by atoms with E-state index in [1.807, 2.05) is 18.2 Å². The van der Waals surface area contributed by atoms with Gasteiger partial charge in [0.1, 0.15) is 0 Å². The Hall–Kier alpha value is -0.930. The summed E-state index contributed by atoms with van der Waals surface area (Å²) >= 11 is 4.77. The fourth-order valence-electron chi connectivity index (χ4n) is 1.54. The predicted molar refractivity (Wildman–Crippen MR) is 56.5 cm³/mol. The summed E-state index contributed by atoms with van der Waals surface area (Å²) in [6.45, 7) is 0.789. The highest BCUT2D eigenvalue weighted by atomic mass is 32.1. The lowest BCUT2D eigenvalue weighted by Gasteiger charge is -2.19. The van der Waals surface area contributed by atoms with Gasteiger partial charge >= 0.3 is 0 Å². The number of nitrogens with one attached hydrogen (secondary N) is 1. The average molecular weight is 193 g/mol. The molecular weight excluding hydrogens is 182 g/mol. The lowest BCUT2D eigenvalue weighted by molar-refractivity contribution is 0.108. The van der Waals surface area contributed by atoms with Crippen molar-refractivity contribution >= 4 is 17.7 Å². The van der Waals surface area contributed by atoms with Crippen LogP contribution in [0.1, 0.15) is 6.42 Å². The highest BCUT2D eigenvalue weighted by Gasteiger charge is 2.15. The number of allylic oxidation sites excluding steroid dienone is 3. The number of hydrogen-bond acceptors (Lipinski definition) is 2. The van der Waals surface area contributed by atoms with Crippen LogP contribution in [0.3, 0.4) is 0 Å². The van der Waals surface area contributed by atoms with E-state index in [0.717, 1.165) is 18.7 Å². The van der Waals surface area contributed by atoms with E-state index in [1.54, 1.807) is 0 Å². The van der Waals surface area contributed by atoms with Gasteiger partial charge in [-0.1, -0.05) is 24.4 Å². The van der Waals surface area contributed by atoms with Crippen LogP contribution in [0.4, 0.5) is 0 Å². The second-order valence-electron chi connectivity index (χ2n) is 3.00. The molecule has 2 bridgehead atoms. The maximum absolute atomic E-state index is 5.49. The molecule has 0 spiro atoms. The first kappa shape index (κ1) is 8.66. The van der Waals surface area contributed by atoms with Gasteiger partial charge < -0.3 is 10.1 Å². The SMILES string of the molecule is S=CNC1=CC=CC2C=C1CCO2. The Morgan fingerprint density at radius 1 is 1.62 bits per heavy atom. The minimum Gasteiger partial charge on any atom is -0.370 e. The van der Waals surface area contributed by atoms with Gasteiger partial charge in [0, 0.05) is 5.70 Å². The fourth-order valence-corrected chi connectivity index (χ4v) is 1.67. The van der Waals surface area contributed by atoms with Crippen LogP contribution in [-0.4, -0.2) is 18.2 Å². The van der Waals surface area contributed by atoms with Crippen LogP contribution in [0.5, 0.6) is 0 Å². The molecule has 0 fully saturated rings. The molecule has 1 N–H and O–H groups in total. The van der Waals surface area contributed by atoms with E-state index in [4.69, 9.17) is 17.0 Å².